The zero-order valence-corrected chi connectivity index (χ0v) is 26.4. The summed E-state index contributed by atoms with van der Waals surface area (Å²) in [6, 6.07) is 27.1. The molecule has 2 aliphatic rings. The molecule has 3 aromatic carbocycles. The second-order valence-electron chi connectivity index (χ2n) is 11.5. The molecule has 3 heterocycles. The Hall–Kier alpha value is -4.91. The van der Waals surface area contributed by atoms with Crippen LogP contribution in [0.25, 0.3) is 5.82 Å². The Balaban J connectivity index is 0.000000168. The number of nitrogens with two attached hydrogens (primary N) is 1. The minimum atomic E-state index is -0.462. The lowest BCUT2D eigenvalue weighted by atomic mass is 9.94. The number of rotatable bonds is 10. The summed E-state index contributed by atoms with van der Waals surface area (Å²) in [5.74, 6) is 1.96. The van der Waals surface area contributed by atoms with Gasteiger partial charge >= 0.3 is 0 Å². The Morgan fingerprint density at radius 1 is 1.06 bits per heavy atom. The average molecular weight is 636 g/mol. The van der Waals surface area contributed by atoms with Crippen LogP contribution in [0.1, 0.15) is 52.2 Å². The van der Waals surface area contributed by atoms with Gasteiger partial charge in [0.15, 0.2) is 17.9 Å². The lowest BCUT2D eigenvalue weighted by Gasteiger charge is -2.24. The normalized spacial score (nSPS) is 17.1. The molecule has 7 rings (SSSR count). The number of anilines is 2. The lowest BCUT2D eigenvalue weighted by molar-refractivity contribution is -0.825. The van der Waals surface area contributed by atoms with Gasteiger partial charge in [0, 0.05) is 35.2 Å². The number of nitrogens with one attached hydrogen (secondary N) is 2. The van der Waals surface area contributed by atoms with Gasteiger partial charge in [-0.1, -0.05) is 36.4 Å². The molecule has 11 nitrogen and oxygen atoms in total. The fourth-order valence-electron chi connectivity index (χ4n) is 5.76. The van der Waals surface area contributed by atoms with Gasteiger partial charge < -0.3 is 24.8 Å². The number of nitrogens with zero attached hydrogens (tertiary/aromatic N) is 3. The summed E-state index contributed by atoms with van der Waals surface area (Å²) in [5.41, 5.74) is 7.78. The Labute approximate surface area is 273 Å². The van der Waals surface area contributed by atoms with E-state index >= 15 is 0 Å². The summed E-state index contributed by atoms with van der Waals surface area (Å²) in [4.78, 5) is 15.5. The van der Waals surface area contributed by atoms with Crippen molar-refractivity contribution in [2.45, 2.75) is 38.2 Å². The third-order valence-electron chi connectivity index (χ3n) is 8.48. The third kappa shape index (κ3) is 7.40. The number of benzene rings is 3. The van der Waals surface area contributed by atoms with E-state index < -0.39 is 6.29 Å². The topological polar surface area (TPSA) is 136 Å². The van der Waals surface area contributed by atoms with E-state index in [0.29, 0.717) is 48.5 Å². The fourth-order valence-corrected chi connectivity index (χ4v) is 5.76. The number of aldehydes is 1. The zero-order chi connectivity index (χ0) is 32.6. The van der Waals surface area contributed by atoms with Crippen LogP contribution in [-0.4, -0.2) is 46.5 Å². The van der Waals surface area contributed by atoms with Gasteiger partial charge in [-0.05, 0) is 86.0 Å². The Morgan fingerprint density at radius 3 is 2.62 bits per heavy atom. The number of hydrogen-bond acceptors (Lipinski definition) is 9. The van der Waals surface area contributed by atoms with Crippen molar-refractivity contribution >= 4 is 23.5 Å². The summed E-state index contributed by atoms with van der Waals surface area (Å²) in [6.45, 7) is 3.79. The fraction of sp³-hybridized carbons (Fsp3) is 0.250. The molecule has 0 amide bonds. The minimum Gasteiger partial charge on any atom is -0.488 e. The highest BCUT2D eigenvalue weighted by molar-refractivity contribution is 5.75. The van der Waals surface area contributed by atoms with Gasteiger partial charge in [0.2, 0.25) is 5.69 Å². The van der Waals surface area contributed by atoms with Crippen LogP contribution in [0.3, 0.4) is 0 Å². The minimum absolute atomic E-state index is 0.0379. The molecule has 0 saturated carbocycles. The lowest BCUT2D eigenvalue weighted by Crippen LogP contribution is -2.74. The molecule has 5 aromatic rings. The molecule has 1 fully saturated rings. The first kappa shape index (κ1) is 32.0. The second-order valence-corrected chi connectivity index (χ2v) is 11.5. The van der Waals surface area contributed by atoms with Crippen LogP contribution in [0.15, 0.2) is 97.3 Å². The highest BCUT2D eigenvalue weighted by atomic mass is 16.7. The molecule has 0 radical (unpaired) electrons. The Bertz CT molecular complexity index is 1790. The number of pyridine rings is 1. The van der Waals surface area contributed by atoms with Crippen molar-refractivity contribution in [2.24, 2.45) is 0 Å². The summed E-state index contributed by atoms with van der Waals surface area (Å²) in [7, 11) is 2.01. The number of fused-ring (bicyclic) bond motifs is 1. The molecule has 1 unspecified atom stereocenters. The first-order valence-corrected chi connectivity index (χ1v) is 15.6. The van der Waals surface area contributed by atoms with E-state index in [2.05, 4.69) is 45.8 Å². The predicted molar refractivity (Wildman–Crippen MR) is 176 cm³/mol. The highest BCUT2D eigenvalue weighted by Crippen LogP contribution is 2.38. The van der Waals surface area contributed by atoms with E-state index in [0.717, 1.165) is 41.4 Å². The monoisotopic (exact) mass is 635 g/mol. The van der Waals surface area contributed by atoms with Crippen molar-refractivity contribution in [3.8, 4) is 11.6 Å². The van der Waals surface area contributed by atoms with Crippen LogP contribution in [0.5, 0.6) is 5.75 Å². The molecule has 0 bridgehead atoms. The molecular weight excluding hydrogens is 596 g/mol. The van der Waals surface area contributed by atoms with Gasteiger partial charge in [-0.15, -0.1) is 0 Å². The molecule has 1 atom stereocenters. The third-order valence-corrected chi connectivity index (χ3v) is 8.48. The van der Waals surface area contributed by atoms with Crippen LogP contribution < -0.4 is 20.9 Å². The molecule has 242 valence electrons. The quantitative estimate of drug-likeness (QED) is 0.122. The maximum Gasteiger partial charge on any atom is 0.205 e. The van der Waals surface area contributed by atoms with E-state index in [1.807, 2.05) is 61.8 Å². The molecule has 0 spiro atoms. The highest BCUT2D eigenvalue weighted by Gasteiger charge is 2.32. The van der Waals surface area contributed by atoms with Gasteiger partial charge in [0.1, 0.15) is 18.6 Å². The Kier molecular flexibility index (Phi) is 10.0. The molecule has 1 aliphatic carbocycles. The summed E-state index contributed by atoms with van der Waals surface area (Å²) in [5, 5.41) is 20.5. The maximum absolute atomic E-state index is 10.9. The van der Waals surface area contributed by atoms with Gasteiger partial charge in [-0.25, -0.2) is 14.9 Å². The summed E-state index contributed by atoms with van der Waals surface area (Å²) >= 11 is 0. The number of carbonyl (C=O) groups excluding carboxylic acids is 1. The number of quaternary nitrogens is 1. The van der Waals surface area contributed by atoms with Crippen molar-refractivity contribution in [1.29, 1.82) is 0 Å². The first-order chi connectivity index (χ1) is 23.0. The smallest absolute Gasteiger partial charge is 0.205 e. The average Bonchev–Trinajstić information content (AvgIpc) is 3.91. The van der Waals surface area contributed by atoms with E-state index in [1.165, 1.54) is 11.1 Å². The summed E-state index contributed by atoms with van der Waals surface area (Å²) < 4.78 is 18.6. The molecule has 5 N–H and O–H groups in total. The van der Waals surface area contributed by atoms with E-state index in [1.54, 1.807) is 29.1 Å². The number of aromatic nitrogens is 3. The van der Waals surface area contributed by atoms with Gasteiger partial charge in [0.05, 0.1) is 18.8 Å². The molecule has 2 aromatic heterocycles. The van der Waals surface area contributed by atoms with E-state index in [9.17, 15) is 10.0 Å². The standard InChI is InChI=1S/C19H22N6O.C17H16O4/c1-19(20-2)9-8-13-12-14(4-5-15(13)19)22-18-16(24-26)6-7-17(23-18)25-11-3-10-21-25;18-11-14-6-7-16(15(10-14)17-19-8-9-20-17)21-12-13-4-2-1-3-5-13/h3-7,10-12,20,24,26H,8-9H2,1-2H3,(H,22,23);1-7,10-11,17H,8-9,12H2/p+1. The van der Waals surface area contributed by atoms with Crippen LogP contribution in [0, 0.1) is 0 Å². The molecule has 11 heteroatoms. The molecular formula is C36H39N6O5+. The number of aryl methyl sites for hydroxylation is 1. The van der Waals surface area contributed by atoms with E-state index in [-0.39, 0.29) is 5.54 Å². The van der Waals surface area contributed by atoms with Crippen LogP contribution in [-0.2, 0) is 28.0 Å². The number of ether oxygens (including phenoxy) is 3. The molecule has 1 saturated heterocycles. The number of carbonyl (C=O) groups is 1. The first-order valence-electron chi connectivity index (χ1n) is 15.6. The molecule has 47 heavy (non-hydrogen) atoms. The second kappa shape index (κ2) is 14.7. The van der Waals surface area contributed by atoms with E-state index in [4.69, 9.17) is 14.2 Å². The Morgan fingerprint density at radius 2 is 1.89 bits per heavy atom. The van der Waals surface area contributed by atoms with Crippen LogP contribution in [0.4, 0.5) is 17.2 Å². The van der Waals surface area contributed by atoms with Crippen molar-refractivity contribution in [3.05, 3.63) is 125 Å². The molecule has 1 aliphatic heterocycles. The number of hydrogen-bond donors (Lipinski definition) is 4. The van der Waals surface area contributed by atoms with Crippen molar-refractivity contribution in [3.63, 3.8) is 0 Å². The predicted octanol–water partition coefficient (Wildman–Crippen LogP) is 5.10. The van der Waals surface area contributed by atoms with Gasteiger partial charge in [-0.3, -0.25) is 4.79 Å². The summed E-state index contributed by atoms with van der Waals surface area (Å²) in [6.07, 6.45) is 6.02. The maximum atomic E-state index is 10.9. The largest absolute Gasteiger partial charge is 0.488 e. The van der Waals surface area contributed by atoms with Gasteiger partial charge in [-0.2, -0.15) is 10.6 Å². The SMILES string of the molecule is CNC1(C)CCc2cc(Nc3nc(-n4cccn4)ccc3[NH2+]O)ccc21.O=Cc1ccc(OCc2ccccc2)c(C2OCCO2)c1. The van der Waals surface area contributed by atoms with Crippen molar-refractivity contribution in [2.75, 3.05) is 25.6 Å². The zero-order valence-electron chi connectivity index (χ0n) is 26.4. The van der Waals surface area contributed by atoms with Crippen LogP contribution >= 0.6 is 0 Å². The van der Waals surface area contributed by atoms with Gasteiger partial charge in [0.25, 0.3) is 0 Å². The van der Waals surface area contributed by atoms with Crippen molar-refractivity contribution < 1.29 is 29.7 Å². The van der Waals surface area contributed by atoms with Crippen molar-refractivity contribution in [1.82, 2.24) is 20.1 Å². The van der Waals surface area contributed by atoms with Crippen LogP contribution in [0.2, 0.25) is 0 Å².